The fraction of sp³-hybridized carbons (Fsp3) is 0.286. The van der Waals surface area contributed by atoms with Crippen LogP contribution in [0.15, 0.2) is 48.7 Å². The molecule has 0 saturated heterocycles. The van der Waals surface area contributed by atoms with Gasteiger partial charge in [0.25, 0.3) is 0 Å². The summed E-state index contributed by atoms with van der Waals surface area (Å²) >= 11 is 12.3. The van der Waals surface area contributed by atoms with E-state index in [0.717, 1.165) is 48.7 Å². The van der Waals surface area contributed by atoms with Gasteiger partial charge >= 0.3 is 0 Å². The lowest BCUT2D eigenvalue weighted by molar-refractivity contribution is 0.293. The third-order valence-electron chi connectivity index (χ3n) is 5.11. The molecular weight excluding hydrogens is 415 g/mol. The number of hydrogen-bond donors (Lipinski definition) is 0. The van der Waals surface area contributed by atoms with Gasteiger partial charge in [-0.2, -0.15) is 0 Å². The molecule has 0 spiro atoms. The minimum atomic E-state index is 0. The predicted octanol–water partition coefficient (Wildman–Crippen LogP) is 6.03. The number of para-hydroxylation sites is 2. The molecule has 0 fully saturated rings. The number of imidazole rings is 2. The number of aromatic nitrogens is 3. The fourth-order valence-electron chi connectivity index (χ4n) is 3.54. The number of benzene rings is 2. The van der Waals surface area contributed by atoms with E-state index in [1.54, 1.807) is 0 Å². The van der Waals surface area contributed by atoms with Crippen molar-refractivity contribution >= 4 is 52.4 Å². The molecule has 0 N–H and O–H groups in total. The molecule has 0 aliphatic carbocycles. The minimum Gasteiger partial charge on any atom is -0.308 e. The van der Waals surface area contributed by atoms with E-state index in [2.05, 4.69) is 58.2 Å². The van der Waals surface area contributed by atoms with Crippen molar-refractivity contribution in [3.63, 3.8) is 0 Å². The topological polar surface area (TPSA) is 25.5 Å². The number of nitrogens with zero attached hydrogens (tertiary/aromatic N) is 4. The minimum absolute atomic E-state index is 0. The molecular formula is C21H23Cl3N4. The second kappa shape index (κ2) is 8.75. The Morgan fingerprint density at radius 3 is 2.36 bits per heavy atom. The zero-order valence-electron chi connectivity index (χ0n) is 15.9. The Morgan fingerprint density at radius 2 is 1.68 bits per heavy atom. The zero-order valence-corrected chi connectivity index (χ0v) is 18.2. The lowest BCUT2D eigenvalue weighted by Gasteiger charge is -2.18. The molecule has 4 nitrogen and oxygen atoms in total. The van der Waals surface area contributed by atoms with E-state index in [9.17, 15) is 0 Å². The van der Waals surface area contributed by atoms with E-state index in [0.29, 0.717) is 10.0 Å². The summed E-state index contributed by atoms with van der Waals surface area (Å²) in [6, 6.07) is 14.1. The van der Waals surface area contributed by atoms with Crippen LogP contribution in [0.25, 0.3) is 28.1 Å². The molecule has 0 aliphatic rings. The van der Waals surface area contributed by atoms with Crippen molar-refractivity contribution in [1.82, 2.24) is 18.9 Å². The quantitative estimate of drug-likeness (QED) is 0.368. The van der Waals surface area contributed by atoms with Crippen LogP contribution in [0.2, 0.25) is 10.0 Å². The van der Waals surface area contributed by atoms with Gasteiger partial charge in [-0.05, 0) is 37.4 Å². The van der Waals surface area contributed by atoms with E-state index < -0.39 is 0 Å². The van der Waals surface area contributed by atoms with Gasteiger partial charge in [0.2, 0.25) is 5.78 Å². The van der Waals surface area contributed by atoms with Crippen LogP contribution >= 0.6 is 35.6 Å². The summed E-state index contributed by atoms with van der Waals surface area (Å²) < 4.78 is 4.46. The van der Waals surface area contributed by atoms with Gasteiger partial charge < -0.3 is 9.47 Å². The highest BCUT2D eigenvalue weighted by atomic mass is 35.5. The first-order valence-electron chi connectivity index (χ1n) is 9.26. The molecule has 2 heterocycles. The van der Waals surface area contributed by atoms with Crippen LogP contribution in [0, 0.1) is 0 Å². The summed E-state index contributed by atoms with van der Waals surface area (Å²) in [7, 11) is 0. The number of likely N-dealkylation sites (N-methyl/N-ethyl adjacent to an activating group) is 1. The van der Waals surface area contributed by atoms with Crippen LogP contribution in [-0.4, -0.2) is 38.5 Å². The number of fused-ring (bicyclic) bond motifs is 3. The third kappa shape index (κ3) is 3.74. The summed E-state index contributed by atoms with van der Waals surface area (Å²) in [5.41, 5.74) is 4.22. The van der Waals surface area contributed by atoms with E-state index in [1.165, 1.54) is 5.52 Å². The third-order valence-corrected chi connectivity index (χ3v) is 5.85. The van der Waals surface area contributed by atoms with Gasteiger partial charge in [0.05, 0.1) is 26.8 Å². The van der Waals surface area contributed by atoms with Crippen molar-refractivity contribution in [3.05, 3.63) is 58.7 Å². The van der Waals surface area contributed by atoms with Crippen molar-refractivity contribution in [3.8, 4) is 11.3 Å². The first-order chi connectivity index (χ1) is 13.1. The Morgan fingerprint density at radius 1 is 0.964 bits per heavy atom. The van der Waals surface area contributed by atoms with Crippen molar-refractivity contribution in [2.75, 3.05) is 19.6 Å². The molecule has 0 bridgehead atoms. The SMILES string of the molecule is CCN(CC)CCn1c2ccccc2n2cc(-c3ccc(Cl)c(Cl)c3)nc12.Cl. The summed E-state index contributed by atoms with van der Waals surface area (Å²) in [5, 5.41) is 1.10. The number of hydrogen-bond acceptors (Lipinski definition) is 2. The molecule has 2 aromatic heterocycles. The molecule has 0 saturated carbocycles. The first kappa shape index (κ1) is 21.0. The molecule has 0 aliphatic heterocycles. The monoisotopic (exact) mass is 436 g/mol. The van der Waals surface area contributed by atoms with Gasteiger partial charge in [0, 0.05) is 24.8 Å². The molecule has 4 aromatic rings. The van der Waals surface area contributed by atoms with E-state index >= 15 is 0 Å². The summed E-state index contributed by atoms with van der Waals surface area (Å²) in [5.74, 6) is 0.949. The smallest absolute Gasteiger partial charge is 0.215 e. The fourth-order valence-corrected chi connectivity index (χ4v) is 3.84. The Hall–Kier alpha value is -1.72. The predicted molar refractivity (Wildman–Crippen MR) is 121 cm³/mol. The molecule has 2 aromatic carbocycles. The Labute approximate surface area is 181 Å². The molecule has 0 atom stereocenters. The van der Waals surface area contributed by atoms with E-state index in [1.807, 2.05) is 18.2 Å². The zero-order chi connectivity index (χ0) is 19.0. The molecule has 0 unspecified atom stereocenters. The van der Waals surface area contributed by atoms with E-state index in [4.69, 9.17) is 28.2 Å². The molecule has 0 radical (unpaired) electrons. The van der Waals surface area contributed by atoms with Gasteiger partial charge in [0.15, 0.2) is 0 Å². The van der Waals surface area contributed by atoms with Crippen molar-refractivity contribution < 1.29 is 0 Å². The van der Waals surface area contributed by atoms with Crippen LogP contribution in [0.5, 0.6) is 0 Å². The number of halogens is 3. The van der Waals surface area contributed by atoms with Gasteiger partial charge in [-0.15, -0.1) is 12.4 Å². The Bertz CT molecular complexity index is 1100. The van der Waals surface area contributed by atoms with Crippen LogP contribution in [0.3, 0.4) is 0 Å². The van der Waals surface area contributed by atoms with Crippen LogP contribution in [0.4, 0.5) is 0 Å². The normalized spacial score (nSPS) is 11.5. The van der Waals surface area contributed by atoms with Crippen LogP contribution < -0.4 is 0 Å². The highest BCUT2D eigenvalue weighted by Gasteiger charge is 2.15. The molecule has 7 heteroatoms. The average Bonchev–Trinajstić information content (AvgIpc) is 3.23. The number of rotatable bonds is 6. The maximum absolute atomic E-state index is 6.20. The molecule has 0 amide bonds. The lowest BCUT2D eigenvalue weighted by atomic mass is 10.2. The molecule has 148 valence electrons. The highest BCUT2D eigenvalue weighted by Crippen LogP contribution is 2.30. The first-order valence-corrected chi connectivity index (χ1v) is 10.0. The Kier molecular flexibility index (Phi) is 6.56. The largest absolute Gasteiger partial charge is 0.308 e. The molecule has 28 heavy (non-hydrogen) atoms. The van der Waals surface area contributed by atoms with Gasteiger partial charge in [-0.25, -0.2) is 4.98 Å². The summed E-state index contributed by atoms with van der Waals surface area (Å²) in [6.45, 7) is 8.40. The lowest BCUT2D eigenvalue weighted by Crippen LogP contribution is -2.27. The van der Waals surface area contributed by atoms with Crippen molar-refractivity contribution in [1.29, 1.82) is 0 Å². The van der Waals surface area contributed by atoms with Gasteiger partial charge in [-0.1, -0.05) is 55.2 Å². The second-order valence-corrected chi connectivity index (χ2v) is 7.41. The van der Waals surface area contributed by atoms with Crippen LogP contribution in [0.1, 0.15) is 13.8 Å². The van der Waals surface area contributed by atoms with Gasteiger partial charge in [0.1, 0.15) is 0 Å². The standard InChI is InChI=1S/C21H22Cl2N4.ClH/c1-3-25(4-2)11-12-26-19-7-5-6-8-20(19)27-14-18(24-21(26)27)15-9-10-16(22)17(23)13-15;/h5-10,13-14H,3-4,11-12H2,1-2H3;1H. The maximum atomic E-state index is 6.20. The Balaban J connectivity index is 0.00000225. The highest BCUT2D eigenvalue weighted by molar-refractivity contribution is 6.42. The van der Waals surface area contributed by atoms with Crippen molar-refractivity contribution in [2.24, 2.45) is 0 Å². The second-order valence-electron chi connectivity index (χ2n) is 6.59. The van der Waals surface area contributed by atoms with Crippen molar-refractivity contribution in [2.45, 2.75) is 20.4 Å². The average molecular weight is 438 g/mol. The van der Waals surface area contributed by atoms with Crippen LogP contribution in [-0.2, 0) is 6.54 Å². The molecule has 4 rings (SSSR count). The van der Waals surface area contributed by atoms with E-state index in [-0.39, 0.29) is 12.4 Å². The maximum Gasteiger partial charge on any atom is 0.215 e. The summed E-state index contributed by atoms with van der Waals surface area (Å²) in [6.07, 6.45) is 2.07. The summed E-state index contributed by atoms with van der Waals surface area (Å²) in [4.78, 5) is 7.35. The van der Waals surface area contributed by atoms with Gasteiger partial charge in [-0.3, -0.25) is 4.40 Å².